The van der Waals surface area contributed by atoms with Gasteiger partial charge in [-0.05, 0) is 31.4 Å². The van der Waals surface area contributed by atoms with Crippen molar-refractivity contribution in [3.8, 4) is 5.75 Å². The predicted molar refractivity (Wildman–Crippen MR) is 50.7 cm³/mol. The van der Waals surface area contributed by atoms with E-state index < -0.39 is 11.4 Å². The summed E-state index contributed by atoms with van der Waals surface area (Å²) in [7, 11) is 0. The molecule has 0 radical (unpaired) electrons. The maximum absolute atomic E-state index is 13.5. The Balaban J connectivity index is 2.35. The number of halogens is 1. The predicted octanol–water partition coefficient (Wildman–Crippen LogP) is 1.91. The molecule has 0 amide bonds. The molecule has 76 valence electrons. The quantitative estimate of drug-likeness (QED) is 0.758. The van der Waals surface area contributed by atoms with Gasteiger partial charge in [0.1, 0.15) is 11.6 Å². The van der Waals surface area contributed by atoms with Crippen molar-refractivity contribution >= 4 is 0 Å². The number of phenolic OH excluding ortho intramolecular Hbond substituents is 1. The highest BCUT2D eigenvalue weighted by Crippen LogP contribution is 2.40. The number of hydrogen-bond acceptors (Lipinski definition) is 2. The van der Waals surface area contributed by atoms with E-state index in [9.17, 15) is 14.6 Å². The van der Waals surface area contributed by atoms with Crippen LogP contribution in [0.5, 0.6) is 5.75 Å². The van der Waals surface area contributed by atoms with Crippen LogP contribution in [0.3, 0.4) is 0 Å². The van der Waals surface area contributed by atoms with Crippen LogP contribution in [0.2, 0.25) is 0 Å². The number of rotatable bonds is 2. The van der Waals surface area contributed by atoms with Crippen molar-refractivity contribution in [2.45, 2.75) is 31.8 Å². The largest absolute Gasteiger partial charge is 0.508 e. The zero-order valence-corrected chi connectivity index (χ0v) is 8.05. The van der Waals surface area contributed by atoms with E-state index in [0.717, 1.165) is 0 Å². The van der Waals surface area contributed by atoms with Gasteiger partial charge in [-0.1, -0.05) is 6.07 Å². The topological polar surface area (TPSA) is 40.5 Å². The molecule has 0 atom stereocenters. The van der Waals surface area contributed by atoms with Crippen LogP contribution in [0, 0.1) is 12.7 Å². The lowest BCUT2D eigenvalue weighted by Crippen LogP contribution is -2.12. The van der Waals surface area contributed by atoms with E-state index in [2.05, 4.69) is 0 Å². The van der Waals surface area contributed by atoms with Crippen LogP contribution in [0.25, 0.3) is 0 Å². The van der Waals surface area contributed by atoms with Crippen molar-refractivity contribution in [3.63, 3.8) is 0 Å². The summed E-state index contributed by atoms with van der Waals surface area (Å²) in [5.74, 6) is -0.459. The zero-order valence-electron chi connectivity index (χ0n) is 8.05. The first-order chi connectivity index (χ1) is 6.52. The van der Waals surface area contributed by atoms with Gasteiger partial charge in [-0.15, -0.1) is 0 Å². The Bertz CT molecular complexity index is 370. The normalized spacial score (nSPS) is 18.2. The van der Waals surface area contributed by atoms with Crippen LogP contribution >= 0.6 is 0 Å². The molecule has 1 saturated carbocycles. The summed E-state index contributed by atoms with van der Waals surface area (Å²) in [5.41, 5.74) is -0.0291. The van der Waals surface area contributed by atoms with E-state index in [1.54, 1.807) is 6.92 Å². The monoisotopic (exact) mass is 196 g/mol. The fourth-order valence-electron chi connectivity index (χ4n) is 1.55. The third kappa shape index (κ3) is 1.60. The Kier molecular flexibility index (Phi) is 2.00. The summed E-state index contributed by atoms with van der Waals surface area (Å²) in [6.45, 7) is 1.65. The van der Waals surface area contributed by atoms with E-state index in [1.165, 1.54) is 12.1 Å². The van der Waals surface area contributed by atoms with Gasteiger partial charge in [0.15, 0.2) is 0 Å². The molecule has 0 bridgehead atoms. The molecular weight excluding hydrogens is 183 g/mol. The molecule has 14 heavy (non-hydrogen) atoms. The van der Waals surface area contributed by atoms with Crippen LogP contribution in [0.15, 0.2) is 12.1 Å². The first-order valence-corrected chi connectivity index (χ1v) is 4.71. The van der Waals surface area contributed by atoms with Gasteiger partial charge in [0.2, 0.25) is 0 Å². The first kappa shape index (κ1) is 9.46. The smallest absolute Gasteiger partial charge is 0.133 e. The molecule has 1 aromatic carbocycles. The number of phenols is 1. The summed E-state index contributed by atoms with van der Waals surface area (Å²) >= 11 is 0. The lowest BCUT2D eigenvalue weighted by Gasteiger charge is -2.11. The second-order valence-electron chi connectivity index (χ2n) is 4.10. The SMILES string of the molecule is Cc1ccc(O)c(CC2(O)CC2)c1F. The number of hydrogen-bond donors (Lipinski definition) is 2. The van der Waals surface area contributed by atoms with Crippen molar-refractivity contribution < 1.29 is 14.6 Å². The Morgan fingerprint density at radius 3 is 2.64 bits per heavy atom. The first-order valence-electron chi connectivity index (χ1n) is 4.71. The average Bonchev–Trinajstić information content (AvgIpc) is 2.86. The summed E-state index contributed by atoms with van der Waals surface area (Å²) < 4.78 is 13.5. The maximum Gasteiger partial charge on any atom is 0.133 e. The van der Waals surface area contributed by atoms with Crippen molar-refractivity contribution in [2.75, 3.05) is 0 Å². The standard InChI is InChI=1S/C11H13FO2/c1-7-2-3-9(13)8(10(7)12)6-11(14)4-5-11/h2-3,13-14H,4-6H2,1H3. The molecular formula is C11H13FO2. The van der Waals surface area contributed by atoms with Gasteiger partial charge in [0.05, 0.1) is 5.60 Å². The second kappa shape index (κ2) is 2.95. The van der Waals surface area contributed by atoms with Crippen LogP contribution < -0.4 is 0 Å². The molecule has 1 fully saturated rings. The third-order valence-electron chi connectivity index (χ3n) is 2.74. The minimum atomic E-state index is -0.772. The lowest BCUT2D eigenvalue weighted by molar-refractivity contribution is 0.148. The highest BCUT2D eigenvalue weighted by molar-refractivity contribution is 5.39. The van der Waals surface area contributed by atoms with Gasteiger partial charge in [0, 0.05) is 12.0 Å². The molecule has 2 rings (SSSR count). The maximum atomic E-state index is 13.5. The minimum absolute atomic E-state index is 0.0616. The second-order valence-corrected chi connectivity index (χ2v) is 4.10. The molecule has 0 unspecified atom stereocenters. The molecule has 1 aliphatic carbocycles. The van der Waals surface area contributed by atoms with E-state index in [1.807, 2.05) is 0 Å². The lowest BCUT2D eigenvalue weighted by atomic mass is 10.0. The molecule has 3 heteroatoms. The number of aliphatic hydroxyl groups is 1. The van der Waals surface area contributed by atoms with E-state index in [-0.39, 0.29) is 17.7 Å². The summed E-state index contributed by atoms with van der Waals surface area (Å²) in [6.07, 6.45) is 1.60. The van der Waals surface area contributed by atoms with Crippen molar-refractivity contribution in [1.82, 2.24) is 0 Å². The molecule has 2 N–H and O–H groups in total. The minimum Gasteiger partial charge on any atom is -0.508 e. The van der Waals surface area contributed by atoms with E-state index in [0.29, 0.717) is 18.4 Å². The van der Waals surface area contributed by atoms with Crippen molar-refractivity contribution in [1.29, 1.82) is 0 Å². The summed E-state index contributed by atoms with van der Waals surface area (Å²) in [6, 6.07) is 3.00. The van der Waals surface area contributed by atoms with Gasteiger partial charge < -0.3 is 10.2 Å². The summed E-state index contributed by atoms with van der Waals surface area (Å²) in [5, 5.41) is 19.1. The van der Waals surface area contributed by atoms with Gasteiger partial charge in [0.25, 0.3) is 0 Å². The van der Waals surface area contributed by atoms with Crippen molar-refractivity contribution in [3.05, 3.63) is 29.1 Å². The molecule has 2 nitrogen and oxygen atoms in total. The van der Waals surface area contributed by atoms with Crippen LogP contribution in [0.1, 0.15) is 24.0 Å². The van der Waals surface area contributed by atoms with E-state index >= 15 is 0 Å². The molecule has 0 saturated heterocycles. The van der Waals surface area contributed by atoms with Gasteiger partial charge in [-0.2, -0.15) is 0 Å². The Morgan fingerprint density at radius 2 is 2.07 bits per heavy atom. The molecule has 0 aromatic heterocycles. The molecule has 0 spiro atoms. The summed E-state index contributed by atoms with van der Waals surface area (Å²) in [4.78, 5) is 0. The van der Waals surface area contributed by atoms with Gasteiger partial charge >= 0.3 is 0 Å². The average molecular weight is 196 g/mol. The van der Waals surface area contributed by atoms with Crippen LogP contribution in [-0.2, 0) is 6.42 Å². The molecule has 0 heterocycles. The molecule has 1 aromatic rings. The van der Waals surface area contributed by atoms with E-state index in [4.69, 9.17) is 0 Å². The van der Waals surface area contributed by atoms with Crippen LogP contribution in [0.4, 0.5) is 4.39 Å². The highest BCUT2D eigenvalue weighted by atomic mass is 19.1. The Hall–Kier alpha value is -1.09. The number of aryl methyl sites for hydroxylation is 1. The highest BCUT2D eigenvalue weighted by Gasteiger charge is 2.41. The Morgan fingerprint density at radius 1 is 1.43 bits per heavy atom. The third-order valence-corrected chi connectivity index (χ3v) is 2.74. The van der Waals surface area contributed by atoms with Crippen LogP contribution in [-0.4, -0.2) is 15.8 Å². The zero-order chi connectivity index (χ0) is 10.3. The number of benzene rings is 1. The number of aromatic hydroxyl groups is 1. The van der Waals surface area contributed by atoms with Gasteiger partial charge in [-0.25, -0.2) is 4.39 Å². The Labute approximate surface area is 82.0 Å². The fourth-order valence-corrected chi connectivity index (χ4v) is 1.55. The molecule has 0 aliphatic heterocycles. The van der Waals surface area contributed by atoms with Crippen molar-refractivity contribution in [2.24, 2.45) is 0 Å². The fraction of sp³-hybridized carbons (Fsp3) is 0.455. The molecule has 1 aliphatic rings. The van der Waals surface area contributed by atoms with Gasteiger partial charge in [-0.3, -0.25) is 0 Å².